The highest BCUT2D eigenvalue weighted by Gasteiger charge is 2.22. The Balaban J connectivity index is 3.09. The second-order valence-corrected chi connectivity index (χ2v) is 4.52. The van der Waals surface area contributed by atoms with E-state index >= 15 is 0 Å². The maximum atomic E-state index is 10.9. The number of thiocarbonyl (C=S) groups is 1. The molecule has 1 unspecified atom stereocenters. The van der Waals surface area contributed by atoms with Gasteiger partial charge in [0.15, 0.2) is 0 Å². The average molecular weight is 245 g/mol. The van der Waals surface area contributed by atoms with Crippen molar-refractivity contribution >= 4 is 27.7 Å². The van der Waals surface area contributed by atoms with Crippen molar-refractivity contribution in [3.8, 4) is 5.75 Å². The Morgan fingerprint density at radius 1 is 1.40 bits per heavy atom. The first kappa shape index (κ1) is 12.1. The van der Waals surface area contributed by atoms with E-state index in [-0.39, 0.29) is 0 Å². The zero-order valence-electron chi connectivity index (χ0n) is 7.88. The van der Waals surface area contributed by atoms with Crippen LogP contribution in [-0.2, 0) is 10.1 Å². The molecule has 0 heterocycles. The zero-order valence-corrected chi connectivity index (χ0v) is 9.51. The number of rotatable bonds is 4. The third kappa shape index (κ3) is 2.98. The fraction of sp³-hybridized carbons (Fsp3) is 0.222. The van der Waals surface area contributed by atoms with Gasteiger partial charge in [-0.3, -0.25) is 4.55 Å². The Labute approximate surface area is 93.6 Å². The molecule has 0 aliphatic heterocycles. The first-order valence-electron chi connectivity index (χ1n) is 3.97. The molecule has 0 aliphatic carbocycles. The summed E-state index contributed by atoms with van der Waals surface area (Å²) in [5, 5.41) is 0.807. The van der Waals surface area contributed by atoms with Crippen molar-refractivity contribution in [3.05, 3.63) is 29.8 Å². The summed E-state index contributed by atoms with van der Waals surface area (Å²) in [6.45, 7) is 0. The summed E-state index contributed by atoms with van der Waals surface area (Å²) in [7, 11) is -2.74. The van der Waals surface area contributed by atoms with Crippen LogP contribution < -0.4 is 4.74 Å². The standard InChI is InChI=1S/C9H9O4S2/c1-13-8-4-2-7(3-5-8)9(6-14)15(10,11)12/h2-5,9H,1H3,(H,10,11,12). The number of ether oxygens (including phenoxy) is 1. The molecule has 6 heteroatoms. The summed E-state index contributed by atoms with van der Waals surface area (Å²) in [5.74, 6) is 0.595. The number of methoxy groups -OCH3 is 1. The van der Waals surface area contributed by atoms with E-state index in [1.807, 2.05) is 0 Å². The maximum absolute atomic E-state index is 10.9. The van der Waals surface area contributed by atoms with Crippen LogP contribution >= 0.6 is 12.2 Å². The van der Waals surface area contributed by atoms with Gasteiger partial charge in [0.05, 0.1) is 12.5 Å². The lowest BCUT2D eigenvalue weighted by Gasteiger charge is -2.08. The Bertz CT molecular complexity index is 436. The van der Waals surface area contributed by atoms with E-state index in [1.165, 1.54) is 19.2 Å². The predicted molar refractivity (Wildman–Crippen MR) is 59.9 cm³/mol. The highest BCUT2D eigenvalue weighted by molar-refractivity contribution is 7.89. The molecule has 0 fully saturated rings. The topological polar surface area (TPSA) is 63.6 Å². The SMILES string of the molecule is COc1ccc(C([C]=S)S(=O)(=O)O)cc1. The molecule has 81 valence electrons. The smallest absolute Gasteiger partial charge is 0.277 e. The van der Waals surface area contributed by atoms with E-state index < -0.39 is 15.4 Å². The Morgan fingerprint density at radius 2 is 1.93 bits per heavy atom. The van der Waals surface area contributed by atoms with Crippen molar-refractivity contribution in [3.63, 3.8) is 0 Å². The molecule has 4 nitrogen and oxygen atoms in total. The van der Waals surface area contributed by atoms with Gasteiger partial charge in [-0.05, 0) is 17.7 Å². The molecule has 15 heavy (non-hydrogen) atoms. The summed E-state index contributed by atoms with van der Waals surface area (Å²) in [6.07, 6.45) is 0. The van der Waals surface area contributed by atoms with E-state index in [2.05, 4.69) is 17.6 Å². The van der Waals surface area contributed by atoms with Gasteiger partial charge in [0.2, 0.25) is 0 Å². The van der Waals surface area contributed by atoms with Gasteiger partial charge >= 0.3 is 0 Å². The van der Waals surface area contributed by atoms with Gasteiger partial charge in [-0.25, -0.2) is 0 Å². The number of hydrogen-bond acceptors (Lipinski definition) is 4. The van der Waals surface area contributed by atoms with Crippen LogP contribution in [0.15, 0.2) is 24.3 Å². The van der Waals surface area contributed by atoms with Crippen molar-refractivity contribution in [1.82, 2.24) is 0 Å². The molecular formula is C9H9O4S2. The summed E-state index contributed by atoms with van der Waals surface area (Å²) in [5.41, 5.74) is 0.355. The third-order valence-corrected chi connectivity index (χ3v) is 3.19. The quantitative estimate of drug-likeness (QED) is 0.643. The fourth-order valence-electron chi connectivity index (χ4n) is 1.08. The van der Waals surface area contributed by atoms with Gasteiger partial charge in [0, 0.05) is 0 Å². The Morgan fingerprint density at radius 3 is 2.27 bits per heavy atom. The minimum atomic E-state index is -4.24. The molecule has 1 N–H and O–H groups in total. The van der Waals surface area contributed by atoms with Crippen LogP contribution in [0, 0.1) is 0 Å². The van der Waals surface area contributed by atoms with Gasteiger partial charge in [0.25, 0.3) is 10.1 Å². The molecule has 1 atom stereocenters. The van der Waals surface area contributed by atoms with Crippen molar-refractivity contribution in [1.29, 1.82) is 0 Å². The van der Waals surface area contributed by atoms with Crippen LogP contribution in [0.2, 0.25) is 0 Å². The molecule has 1 rings (SSSR count). The molecule has 0 amide bonds. The van der Waals surface area contributed by atoms with E-state index in [0.29, 0.717) is 11.3 Å². The van der Waals surface area contributed by atoms with Crippen LogP contribution in [-0.4, -0.2) is 25.4 Å². The Hall–Kier alpha value is -0.980. The monoisotopic (exact) mass is 245 g/mol. The molecule has 1 aromatic rings. The largest absolute Gasteiger partial charge is 0.497 e. The van der Waals surface area contributed by atoms with Crippen LogP contribution in [0.3, 0.4) is 0 Å². The molecular weight excluding hydrogens is 236 g/mol. The van der Waals surface area contributed by atoms with Gasteiger partial charge in [0.1, 0.15) is 11.0 Å². The van der Waals surface area contributed by atoms with Gasteiger partial charge in [-0.2, -0.15) is 8.42 Å². The normalized spacial score (nSPS) is 13.2. The van der Waals surface area contributed by atoms with Crippen LogP contribution in [0.5, 0.6) is 5.75 Å². The van der Waals surface area contributed by atoms with E-state index in [0.717, 1.165) is 0 Å². The fourth-order valence-corrected chi connectivity index (χ4v) is 2.20. The van der Waals surface area contributed by atoms with E-state index in [4.69, 9.17) is 9.29 Å². The molecule has 0 spiro atoms. The summed E-state index contributed by atoms with van der Waals surface area (Å²) < 4.78 is 35.6. The number of benzene rings is 1. The summed E-state index contributed by atoms with van der Waals surface area (Å²) >= 11 is 4.44. The maximum Gasteiger partial charge on any atom is 0.277 e. The van der Waals surface area contributed by atoms with Crippen molar-refractivity contribution in [2.24, 2.45) is 0 Å². The lowest BCUT2D eigenvalue weighted by molar-refractivity contribution is 0.414. The summed E-state index contributed by atoms with van der Waals surface area (Å²) in [4.78, 5) is 0. The van der Waals surface area contributed by atoms with Crippen molar-refractivity contribution < 1.29 is 17.7 Å². The molecule has 1 radical (unpaired) electrons. The molecule has 0 bridgehead atoms. The van der Waals surface area contributed by atoms with Crippen LogP contribution in [0.25, 0.3) is 0 Å². The molecule has 0 aromatic heterocycles. The first-order chi connectivity index (χ1) is 6.99. The highest BCUT2D eigenvalue weighted by Crippen LogP contribution is 2.22. The van der Waals surface area contributed by atoms with E-state index in [9.17, 15) is 8.42 Å². The third-order valence-electron chi connectivity index (χ3n) is 1.82. The molecule has 1 aromatic carbocycles. The Kier molecular flexibility index (Phi) is 3.78. The van der Waals surface area contributed by atoms with Crippen LogP contribution in [0.4, 0.5) is 0 Å². The highest BCUT2D eigenvalue weighted by atomic mass is 32.2. The lowest BCUT2D eigenvalue weighted by Crippen LogP contribution is -2.12. The predicted octanol–water partition coefficient (Wildman–Crippen LogP) is 1.50. The second-order valence-electron chi connectivity index (χ2n) is 2.79. The van der Waals surface area contributed by atoms with Gasteiger partial charge in [-0.15, -0.1) is 0 Å². The van der Waals surface area contributed by atoms with Crippen molar-refractivity contribution in [2.45, 2.75) is 5.25 Å². The van der Waals surface area contributed by atoms with Gasteiger partial charge < -0.3 is 4.74 Å². The molecule has 0 aliphatic rings. The zero-order chi connectivity index (χ0) is 11.5. The number of hydrogen-bond donors (Lipinski definition) is 1. The minimum absolute atomic E-state index is 0.355. The van der Waals surface area contributed by atoms with E-state index in [1.54, 1.807) is 12.1 Å². The van der Waals surface area contributed by atoms with Gasteiger partial charge in [-0.1, -0.05) is 24.4 Å². The first-order valence-corrected chi connectivity index (χ1v) is 5.88. The molecule has 0 saturated carbocycles. The minimum Gasteiger partial charge on any atom is -0.497 e. The van der Waals surface area contributed by atoms with Crippen LogP contribution in [0.1, 0.15) is 10.8 Å². The summed E-state index contributed by atoms with van der Waals surface area (Å²) in [6, 6.07) is 6.19. The molecule has 0 saturated heterocycles. The van der Waals surface area contributed by atoms with Crippen molar-refractivity contribution in [2.75, 3.05) is 7.11 Å². The average Bonchev–Trinajstić information content (AvgIpc) is 2.18. The lowest BCUT2D eigenvalue weighted by atomic mass is 10.1. The second kappa shape index (κ2) is 4.69.